The maximum absolute atomic E-state index is 12.5. The number of fused-ring (bicyclic) bond motifs is 2. The molecule has 0 spiro atoms. The van der Waals surface area contributed by atoms with E-state index in [9.17, 15) is 4.57 Å². The largest absolute Gasteiger partial charge is 0.431 e. The summed E-state index contributed by atoms with van der Waals surface area (Å²) in [4.78, 5) is 7.01. The van der Waals surface area contributed by atoms with E-state index in [1.165, 1.54) is 4.83 Å². The van der Waals surface area contributed by atoms with E-state index in [1.807, 2.05) is 12.2 Å². The Balaban J connectivity index is 2.15. The summed E-state index contributed by atoms with van der Waals surface area (Å²) in [7, 11) is -3.28. The molecular formula is C10H18NO4P. The molecule has 1 saturated heterocycles. The monoisotopic (exact) mass is 247 g/mol. The zero-order chi connectivity index (χ0) is 11.6. The van der Waals surface area contributed by atoms with Crippen molar-refractivity contribution in [3.8, 4) is 0 Å². The molecule has 0 amide bonds. The Morgan fingerprint density at radius 2 is 2.00 bits per heavy atom. The molecule has 2 aliphatic heterocycles. The van der Waals surface area contributed by atoms with Crippen molar-refractivity contribution in [2.24, 2.45) is 0 Å². The molecule has 0 N–H and O–H groups in total. The Morgan fingerprint density at radius 1 is 1.31 bits per heavy atom. The highest BCUT2D eigenvalue weighted by Crippen LogP contribution is 2.56. The number of rotatable bonds is 5. The highest BCUT2D eigenvalue weighted by Gasteiger charge is 2.44. The Kier molecular flexibility index (Phi) is 3.82. The van der Waals surface area contributed by atoms with Crippen LogP contribution in [-0.4, -0.2) is 30.2 Å². The van der Waals surface area contributed by atoms with Gasteiger partial charge in [-0.2, -0.15) is 0 Å². The van der Waals surface area contributed by atoms with Crippen molar-refractivity contribution in [1.82, 2.24) is 4.83 Å². The summed E-state index contributed by atoms with van der Waals surface area (Å²) in [6.07, 6.45) is 5.94. The summed E-state index contributed by atoms with van der Waals surface area (Å²) in [5.74, 6) is 0. The van der Waals surface area contributed by atoms with Crippen molar-refractivity contribution in [3.05, 3.63) is 12.2 Å². The molecule has 2 unspecified atom stereocenters. The van der Waals surface area contributed by atoms with Crippen molar-refractivity contribution < 1.29 is 18.5 Å². The first kappa shape index (κ1) is 12.3. The van der Waals surface area contributed by atoms with E-state index in [2.05, 4.69) is 0 Å². The minimum Gasteiger partial charge on any atom is -0.296 e. The molecule has 0 saturated carbocycles. The Morgan fingerprint density at radius 3 is 2.38 bits per heavy atom. The molecule has 3 aliphatic rings. The SMILES string of the molecule is CCOP(=O)(OCC)N1OC2C=CC1CC2. The molecule has 6 heteroatoms. The molecule has 16 heavy (non-hydrogen) atoms. The van der Waals surface area contributed by atoms with Crippen LogP contribution in [0.5, 0.6) is 0 Å². The van der Waals surface area contributed by atoms with Crippen LogP contribution in [0.15, 0.2) is 12.2 Å². The van der Waals surface area contributed by atoms with Gasteiger partial charge in [-0.1, -0.05) is 17.0 Å². The van der Waals surface area contributed by atoms with E-state index >= 15 is 0 Å². The van der Waals surface area contributed by atoms with E-state index in [0.29, 0.717) is 13.2 Å². The maximum atomic E-state index is 12.5. The lowest BCUT2D eigenvalue weighted by Gasteiger charge is -2.42. The minimum absolute atomic E-state index is 0.00827. The van der Waals surface area contributed by atoms with E-state index < -0.39 is 7.75 Å². The van der Waals surface area contributed by atoms with Gasteiger partial charge < -0.3 is 0 Å². The molecule has 2 atom stereocenters. The van der Waals surface area contributed by atoms with Gasteiger partial charge in [0.05, 0.1) is 25.4 Å². The van der Waals surface area contributed by atoms with Gasteiger partial charge in [0, 0.05) is 0 Å². The molecule has 0 radical (unpaired) electrons. The number of hydroxylamine groups is 1. The molecule has 2 bridgehead atoms. The lowest BCUT2D eigenvalue weighted by atomic mass is 10.00. The van der Waals surface area contributed by atoms with Gasteiger partial charge in [0.25, 0.3) is 0 Å². The number of nitrogens with zero attached hydrogens (tertiary/aromatic N) is 1. The molecule has 0 aromatic rings. The van der Waals surface area contributed by atoms with E-state index in [-0.39, 0.29) is 12.1 Å². The molecule has 1 aliphatic carbocycles. The van der Waals surface area contributed by atoms with E-state index in [4.69, 9.17) is 13.9 Å². The molecular weight excluding hydrogens is 229 g/mol. The lowest BCUT2D eigenvalue weighted by molar-refractivity contribution is -0.187. The summed E-state index contributed by atoms with van der Waals surface area (Å²) >= 11 is 0. The number of hydrogen-bond donors (Lipinski definition) is 0. The normalized spacial score (nSPS) is 29.9. The maximum Gasteiger partial charge on any atom is 0.431 e. The summed E-state index contributed by atoms with van der Waals surface area (Å²) in [6, 6.07) is 0.00827. The highest BCUT2D eigenvalue weighted by molar-refractivity contribution is 7.51. The van der Waals surface area contributed by atoms with E-state index in [0.717, 1.165) is 12.8 Å². The Hall–Kier alpha value is -0.190. The van der Waals surface area contributed by atoms with E-state index in [1.54, 1.807) is 13.8 Å². The third-order valence-electron chi connectivity index (χ3n) is 2.65. The van der Waals surface area contributed by atoms with Crippen LogP contribution >= 0.6 is 7.75 Å². The third kappa shape index (κ3) is 2.24. The predicted molar refractivity (Wildman–Crippen MR) is 59.7 cm³/mol. The van der Waals surface area contributed by atoms with Crippen LogP contribution in [0.2, 0.25) is 0 Å². The topological polar surface area (TPSA) is 48.0 Å². The summed E-state index contributed by atoms with van der Waals surface area (Å²) < 4.78 is 23.0. The fraction of sp³-hybridized carbons (Fsp3) is 0.800. The van der Waals surface area contributed by atoms with Crippen LogP contribution in [0.4, 0.5) is 0 Å². The van der Waals surface area contributed by atoms with Crippen molar-refractivity contribution in [2.75, 3.05) is 13.2 Å². The van der Waals surface area contributed by atoms with Crippen LogP contribution in [0.1, 0.15) is 26.7 Å². The second kappa shape index (κ2) is 4.98. The van der Waals surface area contributed by atoms with Gasteiger partial charge in [-0.05, 0) is 26.7 Å². The molecule has 3 rings (SSSR count). The zero-order valence-corrected chi connectivity index (χ0v) is 10.6. The highest BCUT2D eigenvalue weighted by atomic mass is 31.2. The van der Waals surface area contributed by atoms with Gasteiger partial charge in [0.2, 0.25) is 0 Å². The fourth-order valence-corrected chi connectivity index (χ4v) is 3.73. The summed E-state index contributed by atoms with van der Waals surface area (Å²) in [5, 5.41) is 0. The molecule has 1 fully saturated rings. The second-order valence-corrected chi connectivity index (χ2v) is 5.63. The van der Waals surface area contributed by atoms with Crippen LogP contribution < -0.4 is 0 Å². The molecule has 92 valence electrons. The smallest absolute Gasteiger partial charge is 0.296 e. The quantitative estimate of drug-likeness (QED) is 0.551. The second-order valence-electron chi connectivity index (χ2n) is 3.78. The van der Waals surface area contributed by atoms with Crippen LogP contribution in [0.3, 0.4) is 0 Å². The van der Waals surface area contributed by atoms with Crippen LogP contribution in [0.25, 0.3) is 0 Å². The summed E-state index contributed by atoms with van der Waals surface area (Å²) in [5.41, 5.74) is 0. The first-order valence-electron chi connectivity index (χ1n) is 5.73. The average Bonchev–Trinajstić information content (AvgIpc) is 2.31. The van der Waals surface area contributed by atoms with Crippen molar-refractivity contribution in [3.63, 3.8) is 0 Å². The molecule has 0 aromatic heterocycles. The van der Waals surface area contributed by atoms with Crippen molar-refractivity contribution in [1.29, 1.82) is 0 Å². The average molecular weight is 247 g/mol. The van der Waals surface area contributed by atoms with Crippen LogP contribution in [-0.2, 0) is 18.5 Å². The van der Waals surface area contributed by atoms with Crippen molar-refractivity contribution in [2.45, 2.75) is 38.8 Å². The standard InChI is InChI=1S/C10H18NO4P/c1-3-13-16(12,14-4-2)11-9-5-7-10(15-11)8-6-9/h5,7,9-10H,3-4,6,8H2,1-2H3. The minimum atomic E-state index is -3.28. The number of hydrogen-bond acceptors (Lipinski definition) is 4. The fourth-order valence-electron chi connectivity index (χ4n) is 1.99. The third-order valence-corrected chi connectivity index (χ3v) is 4.69. The van der Waals surface area contributed by atoms with Gasteiger partial charge in [-0.3, -0.25) is 13.9 Å². The van der Waals surface area contributed by atoms with Crippen LogP contribution in [0, 0.1) is 0 Å². The van der Waals surface area contributed by atoms with Gasteiger partial charge >= 0.3 is 7.75 Å². The zero-order valence-electron chi connectivity index (χ0n) is 9.67. The van der Waals surface area contributed by atoms with Gasteiger partial charge in [-0.15, -0.1) is 0 Å². The summed E-state index contributed by atoms with van der Waals surface area (Å²) in [6.45, 7) is 4.28. The molecule has 0 aromatic carbocycles. The first-order valence-corrected chi connectivity index (χ1v) is 7.23. The lowest BCUT2D eigenvalue weighted by Crippen LogP contribution is -2.44. The molecule has 2 heterocycles. The Bertz CT molecular complexity index is 310. The first-order chi connectivity index (χ1) is 7.69. The Labute approximate surface area is 95.9 Å². The van der Waals surface area contributed by atoms with Gasteiger partial charge in [-0.25, -0.2) is 4.57 Å². The molecule has 5 nitrogen and oxygen atoms in total. The van der Waals surface area contributed by atoms with Gasteiger partial charge in [0.15, 0.2) is 0 Å². The predicted octanol–water partition coefficient (Wildman–Crippen LogP) is 2.50. The van der Waals surface area contributed by atoms with Crippen molar-refractivity contribution >= 4 is 7.75 Å². The van der Waals surface area contributed by atoms with Gasteiger partial charge in [0.1, 0.15) is 0 Å².